The van der Waals surface area contributed by atoms with Crippen LogP contribution in [-0.4, -0.2) is 52.8 Å². The van der Waals surface area contributed by atoms with Crippen molar-refractivity contribution in [2.75, 3.05) is 24.5 Å². The first-order chi connectivity index (χ1) is 14.2. The molecule has 2 atom stereocenters. The first-order valence-corrected chi connectivity index (χ1v) is 10.0. The zero-order valence-corrected chi connectivity index (χ0v) is 16.2. The molecular formula is C21H25FN6O. The molecule has 4 heterocycles. The van der Waals surface area contributed by atoms with Gasteiger partial charge in [0.25, 0.3) is 0 Å². The zero-order chi connectivity index (χ0) is 20.2. The number of halogens is 1. The molecule has 4 rings (SSSR count). The molecule has 8 heteroatoms. The van der Waals surface area contributed by atoms with Crippen molar-refractivity contribution in [2.24, 2.45) is 16.6 Å². The summed E-state index contributed by atoms with van der Waals surface area (Å²) in [7, 11) is 0. The van der Waals surface area contributed by atoms with Crippen LogP contribution >= 0.6 is 0 Å². The Kier molecular flexibility index (Phi) is 5.69. The summed E-state index contributed by atoms with van der Waals surface area (Å²) in [5, 5.41) is 0. The Morgan fingerprint density at radius 1 is 1.28 bits per heavy atom. The predicted octanol–water partition coefficient (Wildman–Crippen LogP) is 2.29. The van der Waals surface area contributed by atoms with Gasteiger partial charge in [-0.2, -0.15) is 0 Å². The molecule has 0 aliphatic carbocycles. The normalized spacial score (nSPS) is 21.8. The first kappa shape index (κ1) is 19.3. The van der Waals surface area contributed by atoms with Crippen LogP contribution in [0.1, 0.15) is 24.8 Å². The van der Waals surface area contributed by atoms with E-state index in [-0.39, 0.29) is 23.7 Å². The summed E-state index contributed by atoms with van der Waals surface area (Å²) in [5.74, 6) is 1.39. The number of nitrogens with zero attached hydrogens (tertiary/aromatic N) is 5. The number of hydrogen-bond acceptors (Lipinski definition) is 5. The van der Waals surface area contributed by atoms with E-state index in [1.807, 2.05) is 17.0 Å². The smallest absolute Gasteiger partial charge is 0.226 e. The molecule has 1 amide bonds. The van der Waals surface area contributed by atoms with Crippen LogP contribution < -0.4 is 10.6 Å². The number of aromatic nitrogens is 2. The highest BCUT2D eigenvalue weighted by Gasteiger charge is 2.42. The molecule has 2 aliphatic heterocycles. The average Bonchev–Trinajstić information content (AvgIpc) is 3.05. The molecule has 0 unspecified atom stereocenters. The van der Waals surface area contributed by atoms with Crippen LogP contribution in [0, 0.1) is 11.7 Å². The Hall–Kier alpha value is -3.03. The molecule has 0 spiro atoms. The minimum absolute atomic E-state index is 0.0549. The van der Waals surface area contributed by atoms with Crippen molar-refractivity contribution in [1.29, 1.82) is 0 Å². The van der Waals surface area contributed by atoms with Crippen molar-refractivity contribution in [3.8, 4) is 0 Å². The van der Waals surface area contributed by atoms with E-state index in [9.17, 15) is 9.18 Å². The zero-order valence-electron chi connectivity index (χ0n) is 16.2. The highest BCUT2D eigenvalue weighted by atomic mass is 19.1. The molecule has 2 saturated heterocycles. The Labute approximate surface area is 169 Å². The second-order valence-electron chi connectivity index (χ2n) is 7.56. The maximum absolute atomic E-state index is 13.1. The lowest BCUT2D eigenvalue weighted by Crippen LogP contribution is -2.51. The Morgan fingerprint density at radius 3 is 2.97 bits per heavy atom. The minimum Gasteiger partial charge on any atom is -0.390 e. The SMILES string of the molecule is N/C=N\c1ncccc1CCC[C@H]1C[C@@H]2CN(c3ccc(F)cn3)CCN2C1=O. The minimum atomic E-state index is -0.336. The fraction of sp³-hybridized carbons (Fsp3) is 0.429. The lowest BCUT2D eigenvalue weighted by molar-refractivity contribution is -0.132. The first-order valence-electron chi connectivity index (χ1n) is 10.0. The van der Waals surface area contributed by atoms with Gasteiger partial charge in [0.2, 0.25) is 5.91 Å². The monoisotopic (exact) mass is 396 g/mol. The van der Waals surface area contributed by atoms with E-state index in [0.29, 0.717) is 12.4 Å². The summed E-state index contributed by atoms with van der Waals surface area (Å²) in [6.45, 7) is 2.17. The number of fused-ring (bicyclic) bond motifs is 1. The Bertz CT molecular complexity index is 887. The van der Waals surface area contributed by atoms with E-state index in [0.717, 1.165) is 50.2 Å². The molecule has 0 aromatic carbocycles. The van der Waals surface area contributed by atoms with Crippen LogP contribution in [0.2, 0.25) is 0 Å². The van der Waals surface area contributed by atoms with Gasteiger partial charge in [-0.3, -0.25) is 4.79 Å². The number of carbonyl (C=O) groups is 1. The number of hydrogen-bond donors (Lipinski definition) is 1. The number of rotatable bonds is 6. The number of pyridine rings is 2. The molecule has 2 aromatic rings. The van der Waals surface area contributed by atoms with Gasteiger partial charge in [-0.25, -0.2) is 19.4 Å². The van der Waals surface area contributed by atoms with E-state index in [2.05, 4.69) is 19.9 Å². The van der Waals surface area contributed by atoms with Gasteiger partial charge in [0.15, 0.2) is 5.82 Å². The second-order valence-corrected chi connectivity index (χ2v) is 7.56. The van der Waals surface area contributed by atoms with Crippen LogP contribution in [0.4, 0.5) is 16.0 Å². The van der Waals surface area contributed by atoms with Crippen LogP contribution in [0.5, 0.6) is 0 Å². The summed E-state index contributed by atoms with van der Waals surface area (Å²) >= 11 is 0. The number of nitrogens with two attached hydrogens (primary N) is 1. The molecular weight excluding hydrogens is 371 g/mol. The van der Waals surface area contributed by atoms with Crippen LogP contribution in [0.25, 0.3) is 0 Å². The number of anilines is 1. The van der Waals surface area contributed by atoms with Crippen molar-refractivity contribution in [3.63, 3.8) is 0 Å². The molecule has 29 heavy (non-hydrogen) atoms. The quantitative estimate of drug-likeness (QED) is 0.598. The van der Waals surface area contributed by atoms with Gasteiger partial charge >= 0.3 is 0 Å². The van der Waals surface area contributed by atoms with Gasteiger partial charge in [0.1, 0.15) is 11.6 Å². The van der Waals surface area contributed by atoms with Crippen molar-refractivity contribution in [3.05, 3.63) is 48.0 Å². The molecule has 2 N–H and O–H groups in total. The molecule has 2 aliphatic rings. The van der Waals surface area contributed by atoms with Gasteiger partial charge in [0.05, 0.1) is 18.6 Å². The molecule has 2 aromatic heterocycles. The largest absolute Gasteiger partial charge is 0.390 e. The molecule has 2 fully saturated rings. The van der Waals surface area contributed by atoms with Crippen molar-refractivity contribution < 1.29 is 9.18 Å². The van der Waals surface area contributed by atoms with E-state index in [4.69, 9.17) is 5.73 Å². The van der Waals surface area contributed by atoms with E-state index in [1.54, 1.807) is 12.3 Å². The third kappa shape index (κ3) is 4.21. The van der Waals surface area contributed by atoms with Crippen molar-refractivity contribution in [2.45, 2.75) is 31.7 Å². The fourth-order valence-electron chi connectivity index (χ4n) is 4.37. The van der Waals surface area contributed by atoms with Crippen LogP contribution in [-0.2, 0) is 11.2 Å². The van der Waals surface area contributed by atoms with E-state index >= 15 is 0 Å². The van der Waals surface area contributed by atoms with Gasteiger partial charge in [0, 0.05) is 31.7 Å². The lowest BCUT2D eigenvalue weighted by atomic mass is 9.96. The number of aliphatic imine (C=N–C) groups is 1. The van der Waals surface area contributed by atoms with Gasteiger partial charge < -0.3 is 15.5 Å². The highest BCUT2D eigenvalue weighted by molar-refractivity contribution is 5.82. The second kappa shape index (κ2) is 8.55. The maximum atomic E-state index is 13.1. The molecule has 7 nitrogen and oxygen atoms in total. The summed E-state index contributed by atoms with van der Waals surface area (Å²) in [5.41, 5.74) is 6.44. The predicted molar refractivity (Wildman–Crippen MR) is 110 cm³/mol. The van der Waals surface area contributed by atoms with Gasteiger partial charge in [-0.1, -0.05) is 6.07 Å². The number of piperazine rings is 1. The Balaban J connectivity index is 1.33. The van der Waals surface area contributed by atoms with Gasteiger partial charge in [-0.05, 0) is 49.4 Å². The van der Waals surface area contributed by atoms with Crippen molar-refractivity contribution >= 4 is 23.9 Å². The van der Waals surface area contributed by atoms with E-state index < -0.39 is 0 Å². The number of amides is 1. The van der Waals surface area contributed by atoms with Crippen LogP contribution in [0.15, 0.2) is 41.7 Å². The topological polar surface area (TPSA) is 87.7 Å². The third-order valence-corrected chi connectivity index (χ3v) is 5.77. The molecule has 0 radical (unpaired) electrons. The Morgan fingerprint density at radius 2 is 2.17 bits per heavy atom. The third-order valence-electron chi connectivity index (χ3n) is 5.77. The highest BCUT2D eigenvalue weighted by Crippen LogP contribution is 2.32. The molecule has 152 valence electrons. The molecule has 0 saturated carbocycles. The summed E-state index contributed by atoms with van der Waals surface area (Å²) in [6.07, 6.45) is 7.63. The maximum Gasteiger partial charge on any atom is 0.226 e. The standard InChI is InChI=1S/C21H25FN6O/c22-17-6-7-19(25-12-17)27-9-10-28-18(13-27)11-16(21(28)29)4-1-3-15-5-2-8-24-20(15)26-14-23/h2,5-8,12,14,16,18H,1,3-4,9-11,13H2,(H2,23,24,26)/t16-,18+/m0/s1. The van der Waals surface area contributed by atoms with Crippen molar-refractivity contribution in [1.82, 2.24) is 14.9 Å². The summed E-state index contributed by atoms with van der Waals surface area (Å²) < 4.78 is 13.1. The average molecular weight is 396 g/mol. The lowest BCUT2D eigenvalue weighted by Gasteiger charge is -2.38. The van der Waals surface area contributed by atoms with E-state index in [1.165, 1.54) is 18.6 Å². The van der Waals surface area contributed by atoms with Crippen LogP contribution in [0.3, 0.4) is 0 Å². The summed E-state index contributed by atoms with van der Waals surface area (Å²) in [6, 6.07) is 7.23. The number of aryl methyl sites for hydroxylation is 1. The summed E-state index contributed by atoms with van der Waals surface area (Å²) in [4.78, 5) is 29.5. The molecule has 0 bridgehead atoms. The number of carbonyl (C=O) groups excluding carboxylic acids is 1. The fourth-order valence-corrected chi connectivity index (χ4v) is 4.37. The van der Waals surface area contributed by atoms with Gasteiger partial charge in [-0.15, -0.1) is 0 Å².